The molecule has 1 aromatic heterocycles. The maximum absolute atomic E-state index is 12.4. The van der Waals surface area contributed by atoms with E-state index in [1.807, 2.05) is 32.2 Å². The number of esters is 1. The summed E-state index contributed by atoms with van der Waals surface area (Å²) in [4.78, 5) is 12.4. The first-order valence-electron chi connectivity index (χ1n) is 11.7. The van der Waals surface area contributed by atoms with Gasteiger partial charge in [0.05, 0.1) is 46.3 Å². The molecule has 0 N–H and O–H groups in total. The van der Waals surface area contributed by atoms with Gasteiger partial charge in [-0.05, 0) is 50.6 Å². The van der Waals surface area contributed by atoms with Crippen molar-refractivity contribution in [3.8, 4) is 40.0 Å². The van der Waals surface area contributed by atoms with Crippen molar-refractivity contribution in [2.75, 3.05) is 48.9 Å². The van der Waals surface area contributed by atoms with Gasteiger partial charge in [-0.25, -0.2) is 4.79 Å². The van der Waals surface area contributed by atoms with Gasteiger partial charge in [-0.2, -0.15) is 0 Å². The van der Waals surface area contributed by atoms with Gasteiger partial charge in [-0.3, -0.25) is 0 Å². The van der Waals surface area contributed by atoms with E-state index in [9.17, 15) is 4.79 Å². The Kier molecular flexibility index (Phi) is 8.94. The van der Waals surface area contributed by atoms with E-state index >= 15 is 0 Å². The molecule has 37 heavy (non-hydrogen) atoms. The van der Waals surface area contributed by atoms with Crippen molar-refractivity contribution < 1.29 is 38.0 Å². The van der Waals surface area contributed by atoms with Gasteiger partial charge in [-0.15, -0.1) is 0 Å². The summed E-state index contributed by atoms with van der Waals surface area (Å²) < 4.78 is 40.8. The van der Waals surface area contributed by atoms with Crippen LogP contribution in [0.5, 0.6) is 28.7 Å². The SMILES string of the molecule is CCOC(=O)/C(C)=C/c1cc(OC)c(OCOC)c2c(C)c(-c3cc(OC)c(OC)c(OC)c3)n(C)c12. The molecule has 0 saturated carbocycles. The van der Waals surface area contributed by atoms with Gasteiger partial charge in [0.25, 0.3) is 0 Å². The van der Waals surface area contributed by atoms with Crippen LogP contribution in [0.2, 0.25) is 0 Å². The molecule has 0 saturated heterocycles. The highest BCUT2D eigenvalue weighted by Crippen LogP contribution is 2.47. The van der Waals surface area contributed by atoms with Gasteiger partial charge in [0.2, 0.25) is 5.75 Å². The lowest BCUT2D eigenvalue weighted by Gasteiger charge is -2.15. The zero-order valence-corrected chi connectivity index (χ0v) is 22.9. The van der Waals surface area contributed by atoms with Gasteiger partial charge in [0.1, 0.15) is 0 Å². The highest BCUT2D eigenvalue weighted by atomic mass is 16.7. The van der Waals surface area contributed by atoms with E-state index < -0.39 is 0 Å². The number of fused-ring (bicyclic) bond motifs is 1. The average molecular weight is 514 g/mol. The largest absolute Gasteiger partial charge is 0.493 e. The number of methoxy groups -OCH3 is 5. The van der Waals surface area contributed by atoms with Crippen molar-refractivity contribution in [1.29, 1.82) is 0 Å². The molecule has 0 aliphatic rings. The van der Waals surface area contributed by atoms with Crippen LogP contribution < -0.4 is 23.7 Å². The Labute approximate surface area is 217 Å². The second-order valence-corrected chi connectivity index (χ2v) is 8.27. The minimum absolute atomic E-state index is 0.0380. The van der Waals surface area contributed by atoms with Gasteiger partial charge in [0, 0.05) is 36.2 Å². The predicted molar refractivity (Wildman–Crippen MR) is 142 cm³/mol. The van der Waals surface area contributed by atoms with Crippen molar-refractivity contribution in [3.05, 3.63) is 34.9 Å². The number of nitrogens with zero attached hydrogens (tertiary/aromatic N) is 1. The third-order valence-electron chi connectivity index (χ3n) is 6.10. The molecule has 1 heterocycles. The van der Waals surface area contributed by atoms with E-state index in [0.29, 0.717) is 40.9 Å². The van der Waals surface area contributed by atoms with Crippen molar-refractivity contribution in [2.45, 2.75) is 20.8 Å². The lowest BCUT2D eigenvalue weighted by Crippen LogP contribution is -2.05. The number of aromatic nitrogens is 1. The number of carbonyl (C=O) groups excluding carboxylic acids is 1. The highest BCUT2D eigenvalue weighted by molar-refractivity contribution is 6.04. The van der Waals surface area contributed by atoms with Crippen molar-refractivity contribution >= 4 is 22.9 Å². The molecule has 0 amide bonds. The molecule has 0 unspecified atom stereocenters. The van der Waals surface area contributed by atoms with Gasteiger partial charge in [-0.1, -0.05) is 0 Å². The standard InChI is InChI=1S/C28H35NO8/c1-10-36-28(30)16(2)11-18-12-22(34-8)27(37-15-31-5)23-17(3)24(29(4)25(18)23)19-13-20(32-6)26(35-9)21(14-19)33-7/h11-14H,10,15H2,1-9H3/b16-11+. The fourth-order valence-electron chi connectivity index (χ4n) is 4.53. The molecule has 200 valence electrons. The summed E-state index contributed by atoms with van der Waals surface area (Å²) in [6.45, 7) is 5.84. The normalized spacial score (nSPS) is 11.4. The smallest absolute Gasteiger partial charge is 0.333 e. The van der Waals surface area contributed by atoms with E-state index in [2.05, 4.69) is 4.57 Å². The van der Waals surface area contributed by atoms with Gasteiger partial charge in [0.15, 0.2) is 29.8 Å². The monoisotopic (exact) mass is 513 g/mol. The van der Waals surface area contributed by atoms with Crippen molar-refractivity contribution in [3.63, 3.8) is 0 Å². The second kappa shape index (κ2) is 11.9. The Balaban J connectivity index is 2.44. The highest BCUT2D eigenvalue weighted by Gasteiger charge is 2.25. The van der Waals surface area contributed by atoms with Crippen LogP contribution in [0.15, 0.2) is 23.8 Å². The van der Waals surface area contributed by atoms with Crippen LogP contribution in [-0.2, 0) is 21.3 Å². The zero-order valence-electron chi connectivity index (χ0n) is 22.9. The maximum atomic E-state index is 12.4. The maximum Gasteiger partial charge on any atom is 0.333 e. The molecule has 0 aliphatic heterocycles. The number of carbonyl (C=O) groups is 1. The number of rotatable bonds is 11. The van der Waals surface area contributed by atoms with Crippen LogP contribution in [0, 0.1) is 6.92 Å². The number of benzene rings is 2. The topological polar surface area (TPSA) is 86.6 Å². The van der Waals surface area contributed by atoms with Crippen molar-refractivity contribution in [2.24, 2.45) is 7.05 Å². The third-order valence-corrected chi connectivity index (χ3v) is 6.10. The number of hydrogen-bond donors (Lipinski definition) is 0. The molecule has 2 aromatic carbocycles. The average Bonchev–Trinajstić information content (AvgIpc) is 3.16. The van der Waals surface area contributed by atoms with Crippen LogP contribution in [0.3, 0.4) is 0 Å². The Morgan fingerprint density at radius 1 is 0.919 bits per heavy atom. The molecule has 0 aliphatic carbocycles. The van der Waals surface area contributed by atoms with E-state index in [1.165, 1.54) is 0 Å². The first-order valence-corrected chi connectivity index (χ1v) is 11.7. The molecule has 0 bridgehead atoms. The fraction of sp³-hybridized carbons (Fsp3) is 0.393. The summed E-state index contributed by atoms with van der Waals surface area (Å²) in [6, 6.07) is 5.64. The van der Waals surface area contributed by atoms with Gasteiger partial charge < -0.3 is 37.7 Å². The third kappa shape index (κ3) is 5.17. The summed E-state index contributed by atoms with van der Waals surface area (Å²) in [5.41, 5.74) is 4.75. The van der Waals surface area contributed by atoms with E-state index in [0.717, 1.165) is 33.3 Å². The fourth-order valence-corrected chi connectivity index (χ4v) is 4.53. The molecule has 0 spiro atoms. The van der Waals surface area contributed by atoms with Crippen molar-refractivity contribution in [1.82, 2.24) is 4.57 Å². The summed E-state index contributed by atoms with van der Waals surface area (Å²) in [7, 11) is 9.82. The molecule has 3 rings (SSSR count). The lowest BCUT2D eigenvalue weighted by molar-refractivity contribution is -0.138. The van der Waals surface area contributed by atoms with Crippen LogP contribution in [0.1, 0.15) is 25.0 Å². The van der Waals surface area contributed by atoms with Crippen LogP contribution in [-0.4, -0.2) is 59.5 Å². The quantitative estimate of drug-likeness (QED) is 0.198. The van der Waals surface area contributed by atoms with E-state index in [1.54, 1.807) is 55.5 Å². The molecular weight excluding hydrogens is 478 g/mol. The Bertz CT molecular complexity index is 1300. The molecule has 0 fully saturated rings. The first kappa shape index (κ1) is 27.7. The van der Waals surface area contributed by atoms with Crippen LogP contribution in [0.4, 0.5) is 0 Å². The summed E-state index contributed by atoms with van der Waals surface area (Å²) in [5, 5.41) is 0.825. The lowest BCUT2D eigenvalue weighted by atomic mass is 10.0. The minimum Gasteiger partial charge on any atom is -0.493 e. The van der Waals surface area contributed by atoms with E-state index in [4.69, 9.17) is 33.2 Å². The van der Waals surface area contributed by atoms with Crippen LogP contribution in [0.25, 0.3) is 28.2 Å². The second-order valence-electron chi connectivity index (χ2n) is 8.27. The summed E-state index contributed by atoms with van der Waals surface area (Å²) in [5.74, 6) is 2.24. The van der Waals surface area contributed by atoms with E-state index in [-0.39, 0.29) is 12.8 Å². The molecule has 0 atom stereocenters. The summed E-state index contributed by atoms with van der Waals surface area (Å²) in [6.07, 6.45) is 1.79. The first-order chi connectivity index (χ1) is 17.8. The number of hydrogen-bond acceptors (Lipinski definition) is 8. The molecule has 3 aromatic rings. The molecule has 9 heteroatoms. The predicted octanol–water partition coefficient (Wildman–Crippen LogP) is 5.14. The molecular formula is C28H35NO8. The number of aryl methyl sites for hydroxylation is 2. The van der Waals surface area contributed by atoms with Gasteiger partial charge >= 0.3 is 5.97 Å². The Morgan fingerprint density at radius 2 is 1.51 bits per heavy atom. The Morgan fingerprint density at radius 3 is 2.03 bits per heavy atom. The Hall–Kier alpha value is -3.85. The minimum atomic E-state index is -0.384. The number of ether oxygens (including phenoxy) is 7. The van der Waals surface area contributed by atoms with Crippen LogP contribution >= 0.6 is 0 Å². The zero-order chi connectivity index (χ0) is 27.3. The summed E-state index contributed by atoms with van der Waals surface area (Å²) >= 11 is 0. The molecule has 9 nitrogen and oxygen atoms in total. The molecule has 0 radical (unpaired) electrons.